The summed E-state index contributed by atoms with van der Waals surface area (Å²) in [6.07, 6.45) is 3.86. The highest BCUT2D eigenvalue weighted by atomic mass is 14.8. The Morgan fingerprint density at radius 1 is 1.11 bits per heavy atom. The molecule has 2 rings (SSSR count). The maximum atomic E-state index is 6.79. The summed E-state index contributed by atoms with van der Waals surface area (Å²) in [4.78, 5) is 0. The van der Waals surface area contributed by atoms with Crippen molar-refractivity contribution in [3.05, 3.63) is 34.9 Å². The van der Waals surface area contributed by atoms with E-state index in [0.29, 0.717) is 5.92 Å². The van der Waals surface area contributed by atoms with Crippen molar-refractivity contribution in [3.63, 3.8) is 0 Å². The topological polar surface area (TPSA) is 26.0 Å². The van der Waals surface area contributed by atoms with Gasteiger partial charge < -0.3 is 5.73 Å². The van der Waals surface area contributed by atoms with E-state index in [1.54, 1.807) is 0 Å². The van der Waals surface area contributed by atoms with Gasteiger partial charge in [0.25, 0.3) is 0 Å². The fourth-order valence-corrected chi connectivity index (χ4v) is 3.63. The van der Waals surface area contributed by atoms with E-state index in [1.807, 2.05) is 0 Å². The molecular formula is C18H29N. The first-order valence-electron chi connectivity index (χ1n) is 7.69. The smallest absolute Gasteiger partial charge is 0.0412 e. The molecule has 1 fully saturated rings. The Hall–Kier alpha value is -0.820. The third-order valence-electron chi connectivity index (χ3n) is 5.42. The molecule has 1 aliphatic carbocycles. The van der Waals surface area contributed by atoms with E-state index in [1.165, 1.54) is 36.0 Å². The van der Waals surface area contributed by atoms with Crippen molar-refractivity contribution in [1.29, 1.82) is 0 Å². The molecule has 1 nitrogen and oxygen atoms in total. The van der Waals surface area contributed by atoms with Crippen LogP contribution in [-0.2, 0) is 5.54 Å². The highest BCUT2D eigenvalue weighted by Gasteiger charge is 2.37. The second-order valence-corrected chi connectivity index (χ2v) is 7.07. The van der Waals surface area contributed by atoms with Crippen LogP contribution >= 0.6 is 0 Å². The summed E-state index contributed by atoms with van der Waals surface area (Å²) in [7, 11) is 0. The quantitative estimate of drug-likeness (QED) is 0.828. The first-order valence-corrected chi connectivity index (χ1v) is 7.69. The summed E-state index contributed by atoms with van der Waals surface area (Å²) in [6, 6.07) is 6.68. The first-order chi connectivity index (χ1) is 8.82. The molecule has 0 heterocycles. The SMILES string of the molecule is Cc1ccc(C)c(C(C)(N)C2CCC(C)C(C)C2)c1. The molecule has 106 valence electrons. The van der Waals surface area contributed by atoms with Gasteiger partial charge in [-0.2, -0.15) is 0 Å². The zero-order valence-corrected chi connectivity index (χ0v) is 13.2. The van der Waals surface area contributed by atoms with Crippen LogP contribution < -0.4 is 5.73 Å². The average Bonchev–Trinajstić information content (AvgIpc) is 2.35. The van der Waals surface area contributed by atoms with Gasteiger partial charge in [0.15, 0.2) is 0 Å². The molecule has 0 amide bonds. The summed E-state index contributed by atoms with van der Waals surface area (Å²) in [5.41, 5.74) is 10.6. The summed E-state index contributed by atoms with van der Waals surface area (Å²) >= 11 is 0. The normalized spacial score (nSPS) is 30.9. The van der Waals surface area contributed by atoms with Crippen molar-refractivity contribution in [2.75, 3.05) is 0 Å². The van der Waals surface area contributed by atoms with Gasteiger partial charge in [-0.15, -0.1) is 0 Å². The number of hydrogen-bond donors (Lipinski definition) is 1. The summed E-state index contributed by atoms with van der Waals surface area (Å²) in [5.74, 6) is 2.26. The van der Waals surface area contributed by atoms with Gasteiger partial charge in [-0.3, -0.25) is 0 Å². The van der Waals surface area contributed by atoms with Gasteiger partial charge in [0, 0.05) is 5.54 Å². The lowest BCUT2D eigenvalue weighted by atomic mass is 9.66. The minimum Gasteiger partial charge on any atom is -0.321 e. The predicted octanol–water partition coefficient (Wildman–Crippen LogP) is 4.55. The Balaban J connectivity index is 2.29. The van der Waals surface area contributed by atoms with Crippen LogP contribution in [0.5, 0.6) is 0 Å². The van der Waals surface area contributed by atoms with E-state index in [-0.39, 0.29) is 5.54 Å². The van der Waals surface area contributed by atoms with Crippen LogP contribution in [0.4, 0.5) is 0 Å². The Morgan fingerprint density at radius 3 is 2.42 bits per heavy atom. The molecule has 1 saturated carbocycles. The highest BCUT2D eigenvalue weighted by Crippen LogP contribution is 2.42. The third kappa shape index (κ3) is 2.86. The van der Waals surface area contributed by atoms with Crippen molar-refractivity contribution in [3.8, 4) is 0 Å². The molecule has 1 aliphatic rings. The molecule has 1 aromatic rings. The fraction of sp³-hybridized carbons (Fsp3) is 0.667. The number of rotatable bonds is 2. The van der Waals surface area contributed by atoms with Crippen molar-refractivity contribution >= 4 is 0 Å². The number of nitrogens with two attached hydrogens (primary N) is 1. The lowest BCUT2D eigenvalue weighted by Crippen LogP contribution is -2.44. The number of benzene rings is 1. The molecule has 1 heteroatoms. The lowest BCUT2D eigenvalue weighted by molar-refractivity contribution is 0.142. The Bertz CT molecular complexity index is 447. The summed E-state index contributed by atoms with van der Waals surface area (Å²) in [5, 5.41) is 0. The van der Waals surface area contributed by atoms with E-state index in [4.69, 9.17) is 5.73 Å². The number of aryl methyl sites for hydroxylation is 2. The Morgan fingerprint density at radius 2 is 1.79 bits per heavy atom. The minimum absolute atomic E-state index is 0.190. The largest absolute Gasteiger partial charge is 0.321 e. The van der Waals surface area contributed by atoms with E-state index >= 15 is 0 Å². The van der Waals surface area contributed by atoms with Gasteiger partial charge in [0.1, 0.15) is 0 Å². The molecule has 0 radical (unpaired) electrons. The van der Waals surface area contributed by atoms with Gasteiger partial charge in [0.2, 0.25) is 0 Å². The Kier molecular flexibility index (Phi) is 4.06. The maximum absolute atomic E-state index is 6.79. The second-order valence-electron chi connectivity index (χ2n) is 7.07. The fourth-order valence-electron chi connectivity index (χ4n) is 3.63. The highest BCUT2D eigenvalue weighted by molar-refractivity contribution is 5.36. The van der Waals surface area contributed by atoms with Crippen LogP contribution in [0.25, 0.3) is 0 Å². The van der Waals surface area contributed by atoms with Crippen molar-refractivity contribution in [2.24, 2.45) is 23.5 Å². The van der Waals surface area contributed by atoms with Crippen LogP contribution in [-0.4, -0.2) is 0 Å². The van der Waals surface area contributed by atoms with Crippen LogP contribution in [0.3, 0.4) is 0 Å². The van der Waals surface area contributed by atoms with E-state index in [0.717, 1.165) is 11.8 Å². The molecule has 0 aliphatic heterocycles. The molecule has 4 atom stereocenters. The summed E-state index contributed by atoms with van der Waals surface area (Å²) in [6.45, 7) is 11.4. The molecule has 4 unspecified atom stereocenters. The van der Waals surface area contributed by atoms with Gasteiger partial charge in [0.05, 0.1) is 0 Å². The van der Waals surface area contributed by atoms with Crippen LogP contribution in [0.1, 0.15) is 56.7 Å². The van der Waals surface area contributed by atoms with Crippen LogP contribution in [0.2, 0.25) is 0 Å². The van der Waals surface area contributed by atoms with E-state index in [2.05, 4.69) is 52.8 Å². The second kappa shape index (κ2) is 5.28. The van der Waals surface area contributed by atoms with Gasteiger partial charge in [-0.25, -0.2) is 0 Å². The van der Waals surface area contributed by atoms with Gasteiger partial charge in [-0.05, 0) is 62.5 Å². The third-order valence-corrected chi connectivity index (χ3v) is 5.42. The Labute approximate surface area is 118 Å². The molecular weight excluding hydrogens is 230 g/mol. The zero-order chi connectivity index (χ0) is 14.2. The van der Waals surface area contributed by atoms with Crippen molar-refractivity contribution < 1.29 is 0 Å². The molecule has 0 aromatic heterocycles. The summed E-state index contributed by atoms with van der Waals surface area (Å²) < 4.78 is 0. The predicted molar refractivity (Wildman–Crippen MR) is 83.1 cm³/mol. The maximum Gasteiger partial charge on any atom is 0.0412 e. The lowest BCUT2D eigenvalue weighted by Gasteiger charge is -2.42. The van der Waals surface area contributed by atoms with Crippen LogP contribution in [0, 0.1) is 31.6 Å². The average molecular weight is 259 g/mol. The monoisotopic (exact) mass is 259 g/mol. The van der Waals surface area contributed by atoms with Crippen molar-refractivity contribution in [1.82, 2.24) is 0 Å². The standard InChI is InChI=1S/C18H29N/c1-12-6-7-14(3)17(10-12)18(5,19)16-9-8-13(2)15(4)11-16/h6-7,10,13,15-16H,8-9,11,19H2,1-5H3. The molecule has 2 N–H and O–H groups in total. The molecule has 0 spiro atoms. The van der Waals surface area contributed by atoms with Gasteiger partial charge >= 0.3 is 0 Å². The van der Waals surface area contributed by atoms with E-state index < -0.39 is 0 Å². The first kappa shape index (κ1) is 14.6. The van der Waals surface area contributed by atoms with Gasteiger partial charge in [-0.1, -0.05) is 44.0 Å². The molecule has 1 aromatic carbocycles. The molecule has 0 bridgehead atoms. The molecule has 19 heavy (non-hydrogen) atoms. The number of hydrogen-bond acceptors (Lipinski definition) is 1. The van der Waals surface area contributed by atoms with Crippen LogP contribution in [0.15, 0.2) is 18.2 Å². The van der Waals surface area contributed by atoms with E-state index in [9.17, 15) is 0 Å². The zero-order valence-electron chi connectivity index (χ0n) is 13.2. The molecule has 0 saturated heterocycles. The van der Waals surface area contributed by atoms with Crippen molar-refractivity contribution in [2.45, 2.75) is 59.4 Å². The minimum atomic E-state index is -0.190.